The lowest BCUT2D eigenvalue weighted by Gasteiger charge is -2.29. The highest BCUT2D eigenvalue weighted by Crippen LogP contribution is 2.42. The van der Waals surface area contributed by atoms with Crippen LogP contribution in [0.5, 0.6) is 0 Å². The molecule has 0 radical (unpaired) electrons. The van der Waals surface area contributed by atoms with E-state index in [1.54, 1.807) is 12.1 Å². The standard InChI is InChI=1S/C47H53FO8/c1-51-44(49)19-8-3-2-7-18-40-41(29-28-39(54-45-20-9-11-30-52-45)27-22-34-14-13-17-38(48)32-34)42(55-46-21-10-12-31-53-46)33-43(40)56-47(50)37-25-23-36(24-26-37)35-15-5-4-6-16-35/h2,4-7,13-17,23-26,28-29,32,39-43,45-46H,3,8-12,18-21,30-31,33H2,1H3/b7-2-,29-28+/t39?,40-,41-,42-,43+,45?,46?/m1/s1. The maximum absolute atomic E-state index is 14.0. The second-order valence-electron chi connectivity index (χ2n) is 14.5. The Morgan fingerprint density at radius 1 is 0.875 bits per heavy atom. The van der Waals surface area contributed by atoms with Gasteiger partial charge in [-0.15, -0.1) is 0 Å². The van der Waals surface area contributed by atoms with Gasteiger partial charge in [-0.3, -0.25) is 4.79 Å². The summed E-state index contributed by atoms with van der Waals surface area (Å²) in [5.74, 6) is 4.97. The van der Waals surface area contributed by atoms with Crippen LogP contribution in [0, 0.1) is 29.5 Å². The van der Waals surface area contributed by atoms with Crippen molar-refractivity contribution in [1.82, 2.24) is 0 Å². The molecule has 8 nitrogen and oxygen atoms in total. The quantitative estimate of drug-likeness (QED) is 0.0655. The van der Waals surface area contributed by atoms with Crippen LogP contribution in [0.2, 0.25) is 0 Å². The van der Waals surface area contributed by atoms with Crippen molar-refractivity contribution >= 4 is 11.9 Å². The summed E-state index contributed by atoms with van der Waals surface area (Å²) in [5.41, 5.74) is 3.11. The molecular weight excluding hydrogens is 712 g/mol. The molecule has 56 heavy (non-hydrogen) atoms. The number of esters is 2. The van der Waals surface area contributed by atoms with Gasteiger partial charge in [-0.25, -0.2) is 9.18 Å². The molecule has 3 aliphatic rings. The molecule has 7 atom stereocenters. The molecule has 6 rings (SSSR count). The van der Waals surface area contributed by atoms with Gasteiger partial charge in [0.2, 0.25) is 0 Å². The van der Waals surface area contributed by atoms with E-state index in [1.807, 2.05) is 60.7 Å². The summed E-state index contributed by atoms with van der Waals surface area (Å²) < 4.78 is 50.2. The molecule has 0 spiro atoms. The molecule has 3 fully saturated rings. The van der Waals surface area contributed by atoms with Crippen molar-refractivity contribution < 1.29 is 42.4 Å². The van der Waals surface area contributed by atoms with Crippen LogP contribution in [0.15, 0.2) is 103 Å². The fourth-order valence-corrected chi connectivity index (χ4v) is 7.49. The number of carbonyl (C=O) groups excluding carboxylic acids is 2. The lowest BCUT2D eigenvalue weighted by Crippen LogP contribution is -2.31. The Balaban J connectivity index is 1.26. The van der Waals surface area contributed by atoms with Gasteiger partial charge >= 0.3 is 11.9 Å². The molecule has 1 aliphatic carbocycles. The predicted octanol–water partition coefficient (Wildman–Crippen LogP) is 9.38. The smallest absolute Gasteiger partial charge is 0.338 e. The number of hydrogen-bond acceptors (Lipinski definition) is 8. The zero-order valence-corrected chi connectivity index (χ0v) is 32.2. The summed E-state index contributed by atoms with van der Waals surface area (Å²) in [4.78, 5) is 25.5. The third-order valence-electron chi connectivity index (χ3n) is 10.5. The summed E-state index contributed by atoms with van der Waals surface area (Å²) in [6.45, 7) is 1.26. The number of allylic oxidation sites excluding steroid dienone is 2. The van der Waals surface area contributed by atoms with E-state index in [-0.39, 0.29) is 36.0 Å². The van der Waals surface area contributed by atoms with Crippen molar-refractivity contribution in [3.05, 3.63) is 120 Å². The van der Waals surface area contributed by atoms with E-state index >= 15 is 0 Å². The number of unbranched alkanes of at least 4 members (excludes halogenated alkanes) is 1. The highest BCUT2D eigenvalue weighted by Gasteiger charge is 2.45. The molecule has 0 aromatic heterocycles. The van der Waals surface area contributed by atoms with E-state index in [0.717, 1.165) is 49.7 Å². The maximum atomic E-state index is 14.0. The fourth-order valence-electron chi connectivity index (χ4n) is 7.49. The second-order valence-corrected chi connectivity index (χ2v) is 14.5. The van der Waals surface area contributed by atoms with Crippen LogP contribution in [-0.2, 0) is 33.2 Å². The zero-order valence-electron chi connectivity index (χ0n) is 32.2. The minimum atomic E-state index is -0.646. The second kappa shape index (κ2) is 21.6. The van der Waals surface area contributed by atoms with Crippen molar-refractivity contribution in [1.29, 1.82) is 0 Å². The fraction of sp³-hybridized carbons (Fsp3) is 0.447. The molecule has 3 aromatic carbocycles. The van der Waals surface area contributed by atoms with E-state index in [4.69, 9.17) is 28.4 Å². The van der Waals surface area contributed by atoms with Gasteiger partial charge in [0.05, 0.1) is 18.8 Å². The number of rotatable bonds is 15. The van der Waals surface area contributed by atoms with Crippen molar-refractivity contribution in [2.45, 2.75) is 102 Å². The lowest BCUT2D eigenvalue weighted by molar-refractivity contribution is -0.193. The Labute approximate surface area is 330 Å². The molecule has 296 valence electrons. The van der Waals surface area contributed by atoms with Crippen LogP contribution in [0.25, 0.3) is 11.1 Å². The third kappa shape index (κ3) is 12.5. The van der Waals surface area contributed by atoms with Gasteiger partial charge in [-0.2, -0.15) is 0 Å². The summed E-state index contributed by atoms with van der Waals surface area (Å²) in [7, 11) is 1.40. The average Bonchev–Trinajstić information content (AvgIpc) is 3.55. The van der Waals surface area contributed by atoms with Crippen LogP contribution < -0.4 is 0 Å². The van der Waals surface area contributed by atoms with Crippen molar-refractivity contribution in [2.75, 3.05) is 20.3 Å². The van der Waals surface area contributed by atoms with Gasteiger partial charge in [0, 0.05) is 43.5 Å². The maximum Gasteiger partial charge on any atom is 0.338 e. The van der Waals surface area contributed by atoms with Crippen molar-refractivity contribution in [3.8, 4) is 23.0 Å². The van der Waals surface area contributed by atoms with E-state index in [1.165, 1.54) is 19.2 Å². The Hall–Kier alpha value is -4.59. The molecule has 2 saturated heterocycles. The Morgan fingerprint density at radius 3 is 2.34 bits per heavy atom. The molecule has 9 heteroatoms. The number of methoxy groups -OCH3 is 1. The first-order chi connectivity index (χ1) is 27.4. The molecule has 2 heterocycles. The molecule has 0 amide bonds. The van der Waals surface area contributed by atoms with Crippen molar-refractivity contribution in [3.63, 3.8) is 0 Å². The molecule has 1 saturated carbocycles. The van der Waals surface area contributed by atoms with Gasteiger partial charge in [-0.05, 0) is 105 Å². The Morgan fingerprint density at radius 2 is 1.62 bits per heavy atom. The van der Waals surface area contributed by atoms with Gasteiger partial charge in [0.15, 0.2) is 12.6 Å². The van der Waals surface area contributed by atoms with Gasteiger partial charge in [-0.1, -0.05) is 78.6 Å². The molecule has 2 aliphatic heterocycles. The highest BCUT2D eigenvalue weighted by molar-refractivity contribution is 5.90. The normalized spacial score (nSPS) is 24.4. The van der Waals surface area contributed by atoms with Crippen LogP contribution in [0.1, 0.15) is 86.6 Å². The number of benzene rings is 3. The van der Waals surface area contributed by atoms with Crippen molar-refractivity contribution in [2.24, 2.45) is 11.8 Å². The molecule has 3 unspecified atom stereocenters. The number of carbonyl (C=O) groups is 2. The van der Waals surface area contributed by atoms with Gasteiger partial charge < -0.3 is 28.4 Å². The summed E-state index contributed by atoms with van der Waals surface area (Å²) >= 11 is 0. The van der Waals surface area contributed by atoms with E-state index in [9.17, 15) is 14.0 Å². The Kier molecular flexibility index (Phi) is 15.9. The van der Waals surface area contributed by atoms with Gasteiger partial charge in [0.1, 0.15) is 18.0 Å². The number of ether oxygens (including phenoxy) is 6. The van der Waals surface area contributed by atoms with Crippen LogP contribution in [-0.4, -0.2) is 63.2 Å². The highest BCUT2D eigenvalue weighted by atomic mass is 19.1. The van der Waals surface area contributed by atoms with Gasteiger partial charge in [0.25, 0.3) is 0 Å². The first-order valence-corrected chi connectivity index (χ1v) is 20.0. The molecule has 3 aromatic rings. The first kappa shape index (κ1) is 41.1. The zero-order chi connectivity index (χ0) is 39.0. The minimum Gasteiger partial charge on any atom is -0.469 e. The summed E-state index contributed by atoms with van der Waals surface area (Å²) in [5, 5.41) is 0. The third-order valence-corrected chi connectivity index (χ3v) is 10.5. The first-order valence-electron chi connectivity index (χ1n) is 20.0. The number of hydrogen-bond donors (Lipinski definition) is 0. The summed E-state index contributed by atoms with van der Waals surface area (Å²) in [6.07, 6.45) is 14.4. The van der Waals surface area contributed by atoms with E-state index in [0.29, 0.717) is 56.4 Å². The minimum absolute atomic E-state index is 0.146. The van der Waals surface area contributed by atoms with Crippen LogP contribution >= 0.6 is 0 Å². The summed E-state index contributed by atoms with van der Waals surface area (Å²) in [6, 6.07) is 23.7. The van der Waals surface area contributed by atoms with E-state index in [2.05, 4.69) is 30.1 Å². The largest absolute Gasteiger partial charge is 0.469 e. The molecule has 0 bridgehead atoms. The average molecular weight is 765 g/mol. The van der Waals surface area contributed by atoms with Crippen LogP contribution in [0.3, 0.4) is 0 Å². The SMILES string of the molecule is COC(=O)CCC/C=C\C[C@@H]1[C@@H](/C=C/C(C#Cc2cccc(F)c2)OC2CCCCO2)[C@H](OC2CCCCO2)C[C@@H]1OC(=O)c1ccc(-c2ccccc2)cc1. The monoisotopic (exact) mass is 764 g/mol. The number of halogens is 1. The van der Waals surface area contributed by atoms with Crippen LogP contribution in [0.4, 0.5) is 4.39 Å². The Bertz CT molecular complexity index is 1800. The lowest BCUT2D eigenvalue weighted by atomic mass is 9.89. The van der Waals surface area contributed by atoms with E-state index < -0.39 is 24.5 Å². The molecular formula is C47H53FO8. The molecule has 0 N–H and O–H groups in total. The predicted molar refractivity (Wildman–Crippen MR) is 212 cm³/mol. The topological polar surface area (TPSA) is 89.5 Å².